The Hall–Kier alpha value is -0.980. The number of unbranched alkanes of at least 4 members (excludes halogenated alkanes) is 28. The average Bonchev–Trinajstić information content (AvgIpc) is 3.26. The minimum atomic E-state index is 0.0359. The second-order valence-corrected chi connectivity index (χ2v) is 18.0. The van der Waals surface area contributed by atoms with Gasteiger partial charge in [-0.1, -0.05) is 214 Å². The monoisotopic (exact) mass is 837 g/mol. The molecule has 1 rings (SSSR count). The SMILES string of the molecule is CCCCCCCCCCN(CCC=O)CCCCCCCCCC.CCCCCCCCCCN(CCCCCCCCCC)CCC(=O)OC1CCCCC1.CO. The van der Waals surface area contributed by atoms with E-state index < -0.39 is 0 Å². The number of esters is 1. The number of hydrogen-bond acceptors (Lipinski definition) is 6. The molecule has 0 spiro atoms. The second kappa shape index (κ2) is 53.2. The Labute approximate surface area is 370 Å². The topological polar surface area (TPSA) is 70.1 Å². The van der Waals surface area contributed by atoms with Gasteiger partial charge < -0.3 is 24.4 Å². The molecule has 0 amide bonds. The van der Waals surface area contributed by atoms with Crippen molar-refractivity contribution in [2.75, 3.05) is 46.4 Å². The van der Waals surface area contributed by atoms with E-state index in [0.717, 1.165) is 52.4 Å². The number of carbonyl (C=O) groups excluding carboxylic acids is 2. The third kappa shape index (κ3) is 47.9. The van der Waals surface area contributed by atoms with Crippen LogP contribution in [0.4, 0.5) is 0 Å². The standard InChI is InChI=1S/C29H57NO2.C23H47NO.CH4O/c1-3-5-7-9-11-13-15-20-25-30(26-21-16-14-12-10-8-6-4-2)27-24-29(31)32-28-22-18-17-19-23-28;1-3-5-7-9-11-13-15-17-20-24(22-19-23-25)21-18-16-14-12-10-8-6-4-2;1-2/h28H,3-27H2,1-2H3;23H,3-22H2,1-2H3;2H,1H3. The molecule has 0 aromatic rings. The summed E-state index contributed by atoms with van der Waals surface area (Å²) in [6.45, 7) is 15.7. The van der Waals surface area contributed by atoms with Crippen LogP contribution in [0.5, 0.6) is 0 Å². The van der Waals surface area contributed by atoms with Crippen LogP contribution in [-0.2, 0) is 14.3 Å². The quantitative estimate of drug-likeness (QED) is 0.0375. The smallest absolute Gasteiger partial charge is 0.307 e. The third-order valence-electron chi connectivity index (χ3n) is 12.4. The predicted molar refractivity (Wildman–Crippen MR) is 260 cm³/mol. The van der Waals surface area contributed by atoms with E-state index in [2.05, 4.69) is 37.5 Å². The van der Waals surface area contributed by atoms with Crippen LogP contribution in [0.2, 0.25) is 0 Å². The summed E-state index contributed by atoms with van der Waals surface area (Å²) in [5, 5.41) is 7.00. The van der Waals surface area contributed by atoms with E-state index in [1.807, 2.05) is 0 Å². The number of nitrogens with zero attached hydrogens (tertiary/aromatic N) is 2. The highest BCUT2D eigenvalue weighted by molar-refractivity contribution is 5.69. The molecular formula is C53H108N2O4. The molecule has 1 aliphatic rings. The molecule has 0 unspecified atom stereocenters. The van der Waals surface area contributed by atoms with Gasteiger partial charge in [0.05, 0.1) is 6.42 Å². The molecule has 1 aliphatic carbocycles. The number of aliphatic hydroxyl groups is 1. The lowest BCUT2D eigenvalue weighted by Crippen LogP contribution is -2.30. The summed E-state index contributed by atoms with van der Waals surface area (Å²) < 4.78 is 5.76. The molecule has 0 saturated heterocycles. The molecule has 0 aliphatic heterocycles. The normalized spacial score (nSPS) is 12.9. The highest BCUT2D eigenvalue weighted by Crippen LogP contribution is 2.21. The van der Waals surface area contributed by atoms with E-state index in [1.165, 1.54) is 238 Å². The van der Waals surface area contributed by atoms with Crippen molar-refractivity contribution in [3.8, 4) is 0 Å². The molecule has 0 bridgehead atoms. The van der Waals surface area contributed by atoms with Crippen molar-refractivity contribution in [1.29, 1.82) is 0 Å². The van der Waals surface area contributed by atoms with Gasteiger partial charge in [-0.25, -0.2) is 0 Å². The Morgan fingerprint density at radius 2 is 0.729 bits per heavy atom. The summed E-state index contributed by atoms with van der Waals surface area (Å²) in [5.74, 6) is 0.0359. The molecule has 6 nitrogen and oxygen atoms in total. The first-order valence-electron chi connectivity index (χ1n) is 26.6. The lowest BCUT2D eigenvalue weighted by molar-refractivity contribution is -0.150. The van der Waals surface area contributed by atoms with Crippen molar-refractivity contribution in [3.63, 3.8) is 0 Å². The Bertz CT molecular complexity index is 749. The first-order valence-corrected chi connectivity index (χ1v) is 26.6. The summed E-state index contributed by atoms with van der Waals surface area (Å²) in [6, 6.07) is 0. The molecule has 1 fully saturated rings. The fraction of sp³-hybridized carbons (Fsp3) is 0.962. The summed E-state index contributed by atoms with van der Waals surface area (Å²) in [7, 11) is 1.00. The van der Waals surface area contributed by atoms with Gasteiger partial charge in [0.2, 0.25) is 0 Å². The van der Waals surface area contributed by atoms with Crippen LogP contribution >= 0.6 is 0 Å². The van der Waals surface area contributed by atoms with Crippen LogP contribution in [0.15, 0.2) is 0 Å². The summed E-state index contributed by atoms with van der Waals surface area (Å²) in [5.41, 5.74) is 0. The van der Waals surface area contributed by atoms with Gasteiger partial charge in [0.15, 0.2) is 0 Å². The van der Waals surface area contributed by atoms with E-state index in [4.69, 9.17) is 9.84 Å². The fourth-order valence-corrected chi connectivity index (χ4v) is 8.46. The lowest BCUT2D eigenvalue weighted by Gasteiger charge is -2.24. The van der Waals surface area contributed by atoms with E-state index in [9.17, 15) is 9.59 Å². The van der Waals surface area contributed by atoms with Gasteiger partial charge in [-0.3, -0.25) is 4.79 Å². The third-order valence-corrected chi connectivity index (χ3v) is 12.4. The van der Waals surface area contributed by atoms with Crippen LogP contribution < -0.4 is 0 Å². The number of aldehydes is 1. The zero-order valence-corrected chi connectivity index (χ0v) is 41.0. The molecule has 1 saturated carbocycles. The zero-order valence-electron chi connectivity index (χ0n) is 41.0. The van der Waals surface area contributed by atoms with Crippen LogP contribution in [0.3, 0.4) is 0 Å². The van der Waals surface area contributed by atoms with Crippen LogP contribution in [0, 0.1) is 0 Å². The van der Waals surface area contributed by atoms with E-state index in [-0.39, 0.29) is 12.1 Å². The lowest BCUT2D eigenvalue weighted by atomic mass is 9.98. The minimum absolute atomic E-state index is 0.0359. The van der Waals surface area contributed by atoms with Gasteiger partial charge in [0, 0.05) is 26.6 Å². The molecule has 0 aromatic carbocycles. The second-order valence-electron chi connectivity index (χ2n) is 18.0. The maximum atomic E-state index is 12.4. The fourth-order valence-electron chi connectivity index (χ4n) is 8.46. The highest BCUT2D eigenvalue weighted by atomic mass is 16.5. The summed E-state index contributed by atoms with van der Waals surface area (Å²) in [6.07, 6.45) is 52.4. The number of rotatable bonds is 43. The molecule has 1 N–H and O–H groups in total. The van der Waals surface area contributed by atoms with Crippen molar-refractivity contribution in [2.24, 2.45) is 0 Å². The molecule has 354 valence electrons. The van der Waals surface area contributed by atoms with Crippen molar-refractivity contribution in [2.45, 2.75) is 284 Å². The highest BCUT2D eigenvalue weighted by Gasteiger charge is 2.18. The molecule has 59 heavy (non-hydrogen) atoms. The summed E-state index contributed by atoms with van der Waals surface area (Å²) in [4.78, 5) is 28.1. The molecule has 0 heterocycles. The van der Waals surface area contributed by atoms with Crippen molar-refractivity contribution in [1.82, 2.24) is 9.80 Å². The van der Waals surface area contributed by atoms with E-state index in [0.29, 0.717) is 12.8 Å². The first kappa shape index (κ1) is 60.1. The number of aliphatic hydroxyl groups excluding tert-OH is 1. The zero-order chi connectivity index (χ0) is 43.5. The van der Waals surface area contributed by atoms with Crippen LogP contribution in [-0.4, -0.2) is 79.6 Å². The minimum Gasteiger partial charge on any atom is -0.462 e. The van der Waals surface area contributed by atoms with Crippen molar-refractivity contribution >= 4 is 12.3 Å². The van der Waals surface area contributed by atoms with Gasteiger partial charge >= 0.3 is 5.97 Å². The number of hydrogen-bond donors (Lipinski definition) is 1. The molecule has 0 aromatic heterocycles. The predicted octanol–water partition coefficient (Wildman–Crippen LogP) is 15.6. The van der Waals surface area contributed by atoms with Gasteiger partial charge in [-0.15, -0.1) is 0 Å². The van der Waals surface area contributed by atoms with E-state index >= 15 is 0 Å². The van der Waals surface area contributed by atoms with Crippen molar-refractivity contribution < 1.29 is 19.4 Å². The van der Waals surface area contributed by atoms with Crippen LogP contribution in [0.1, 0.15) is 278 Å². The Morgan fingerprint density at radius 3 is 1.03 bits per heavy atom. The van der Waals surface area contributed by atoms with Gasteiger partial charge in [-0.05, 0) is 77.5 Å². The van der Waals surface area contributed by atoms with Gasteiger partial charge in [0.25, 0.3) is 0 Å². The largest absolute Gasteiger partial charge is 0.462 e. The first-order chi connectivity index (χ1) is 29.1. The molecule has 0 atom stereocenters. The van der Waals surface area contributed by atoms with Gasteiger partial charge in [0.1, 0.15) is 12.4 Å². The van der Waals surface area contributed by atoms with E-state index in [1.54, 1.807) is 0 Å². The number of carbonyl (C=O) groups is 2. The molecule has 0 radical (unpaired) electrons. The van der Waals surface area contributed by atoms with Crippen LogP contribution in [0.25, 0.3) is 0 Å². The van der Waals surface area contributed by atoms with Gasteiger partial charge in [-0.2, -0.15) is 0 Å². The maximum absolute atomic E-state index is 12.4. The number of ether oxygens (including phenoxy) is 1. The molecular weight excluding hydrogens is 729 g/mol. The maximum Gasteiger partial charge on any atom is 0.307 e. The summed E-state index contributed by atoms with van der Waals surface area (Å²) >= 11 is 0. The Balaban J connectivity index is 0. The average molecular weight is 837 g/mol. The van der Waals surface area contributed by atoms with Crippen molar-refractivity contribution in [3.05, 3.63) is 0 Å². The Kier molecular flexibility index (Phi) is 54.2. The Morgan fingerprint density at radius 1 is 0.441 bits per heavy atom. The molecule has 6 heteroatoms.